The first-order valence-corrected chi connectivity index (χ1v) is 5.05. The van der Waals surface area contributed by atoms with Crippen LogP contribution in [0.5, 0.6) is 5.75 Å². The molecule has 1 atom stereocenters. The highest BCUT2D eigenvalue weighted by Crippen LogP contribution is 2.19. The molecule has 0 spiro atoms. The van der Waals surface area contributed by atoms with Gasteiger partial charge in [-0.1, -0.05) is 15.9 Å². The minimum absolute atomic E-state index is 0.183. The Morgan fingerprint density at radius 3 is 2.93 bits per heavy atom. The van der Waals surface area contributed by atoms with Gasteiger partial charge >= 0.3 is 0 Å². The number of rotatable bonds is 3. The normalized spacial score (nSPS) is 13.4. The van der Waals surface area contributed by atoms with Crippen LogP contribution in [0.1, 0.15) is 12.5 Å². The van der Waals surface area contributed by atoms with E-state index in [1.807, 2.05) is 0 Å². The van der Waals surface area contributed by atoms with Crippen molar-refractivity contribution in [3.8, 4) is 5.75 Å². The molecule has 2 N–H and O–H groups in total. The van der Waals surface area contributed by atoms with Gasteiger partial charge in [0.2, 0.25) is 0 Å². The lowest BCUT2D eigenvalue weighted by atomic mass is 10.2. The zero-order chi connectivity index (χ0) is 10.6. The van der Waals surface area contributed by atoms with Crippen molar-refractivity contribution in [1.82, 2.24) is 0 Å². The molecule has 1 aromatic rings. The molecular weight excluding hydrogens is 246 g/mol. The minimum Gasteiger partial charge on any atom is -0.507 e. The van der Waals surface area contributed by atoms with Gasteiger partial charge in [0.1, 0.15) is 5.75 Å². The molecule has 0 fully saturated rings. The second-order valence-corrected chi connectivity index (χ2v) is 3.96. The standard InChI is InChI=1S/C10H12BrNO2/c1-7(13)5-12-6-8-4-9(11)2-3-10(8)14/h2-4,6-7,13-14H,5H2,1H3/t7-/m0/s1. The lowest BCUT2D eigenvalue weighted by Crippen LogP contribution is -2.03. The molecule has 0 radical (unpaired) electrons. The number of aliphatic imine (C=N–C) groups is 1. The summed E-state index contributed by atoms with van der Waals surface area (Å²) in [6.07, 6.45) is 1.09. The second kappa shape index (κ2) is 5.12. The van der Waals surface area contributed by atoms with E-state index in [9.17, 15) is 5.11 Å². The summed E-state index contributed by atoms with van der Waals surface area (Å²) < 4.78 is 0.883. The van der Waals surface area contributed by atoms with E-state index in [0.717, 1.165) is 4.47 Å². The van der Waals surface area contributed by atoms with Gasteiger partial charge in [0.25, 0.3) is 0 Å². The summed E-state index contributed by atoms with van der Waals surface area (Å²) in [5.74, 6) is 0.183. The number of benzene rings is 1. The summed E-state index contributed by atoms with van der Waals surface area (Å²) in [6.45, 7) is 2.00. The second-order valence-electron chi connectivity index (χ2n) is 3.05. The summed E-state index contributed by atoms with van der Waals surface area (Å²) in [7, 11) is 0. The van der Waals surface area contributed by atoms with Crippen LogP contribution < -0.4 is 0 Å². The van der Waals surface area contributed by atoms with Crippen LogP contribution in [0.25, 0.3) is 0 Å². The predicted octanol–water partition coefficient (Wildman–Crippen LogP) is 1.95. The molecule has 0 aliphatic rings. The average molecular weight is 258 g/mol. The maximum Gasteiger partial charge on any atom is 0.124 e. The molecule has 4 heteroatoms. The third kappa shape index (κ3) is 3.47. The van der Waals surface area contributed by atoms with E-state index in [4.69, 9.17) is 5.11 Å². The van der Waals surface area contributed by atoms with Gasteiger partial charge in [-0.3, -0.25) is 4.99 Å². The van der Waals surface area contributed by atoms with Gasteiger partial charge in [-0.25, -0.2) is 0 Å². The van der Waals surface area contributed by atoms with Crippen molar-refractivity contribution < 1.29 is 10.2 Å². The third-order valence-corrected chi connectivity index (χ3v) is 2.08. The van der Waals surface area contributed by atoms with Crippen molar-refractivity contribution in [3.63, 3.8) is 0 Å². The Morgan fingerprint density at radius 2 is 2.29 bits per heavy atom. The number of aliphatic hydroxyl groups excluding tert-OH is 1. The Kier molecular flexibility index (Phi) is 4.10. The summed E-state index contributed by atoms with van der Waals surface area (Å²) in [4.78, 5) is 3.99. The Balaban J connectivity index is 2.75. The first-order valence-electron chi connectivity index (χ1n) is 4.26. The Hall–Kier alpha value is -0.870. The van der Waals surface area contributed by atoms with Crippen LogP contribution in [0.2, 0.25) is 0 Å². The van der Waals surface area contributed by atoms with Crippen LogP contribution in [-0.2, 0) is 0 Å². The van der Waals surface area contributed by atoms with E-state index in [-0.39, 0.29) is 5.75 Å². The van der Waals surface area contributed by atoms with Gasteiger partial charge < -0.3 is 10.2 Å². The highest BCUT2D eigenvalue weighted by Gasteiger charge is 1.98. The first-order chi connectivity index (χ1) is 6.59. The predicted molar refractivity (Wildman–Crippen MR) is 59.9 cm³/mol. The molecule has 0 bridgehead atoms. The molecule has 0 aliphatic carbocycles. The van der Waals surface area contributed by atoms with Crippen molar-refractivity contribution in [3.05, 3.63) is 28.2 Å². The van der Waals surface area contributed by atoms with Gasteiger partial charge in [0, 0.05) is 16.3 Å². The summed E-state index contributed by atoms with van der Waals surface area (Å²) in [5.41, 5.74) is 0.639. The molecular formula is C10H12BrNO2. The Bertz CT molecular complexity index is 337. The number of hydrogen-bond donors (Lipinski definition) is 2. The zero-order valence-electron chi connectivity index (χ0n) is 7.81. The Morgan fingerprint density at radius 1 is 1.57 bits per heavy atom. The number of halogens is 1. The van der Waals surface area contributed by atoms with Crippen LogP contribution in [-0.4, -0.2) is 29.1 Å². The summed E-state index contributed by atoms with van der Waals surface area (Å²) in [6, 6.07) is 5.11. The lowest BCUT2D eigenvalue weighted by Gasteiger charge is -2.00. The zero-order valence-corrected chi connectivity index (χ0v) is 9.40. The fraction of sp³-hybridized carbons (Fsp3) is 0.300. The van der Waals surface area contributed by atoms with Gasteiger partial charge in [0.15, 0.2) is 0 Å². The topological polar surface area (TPSA) is 52.8 Å². The Labute approximate surface area is 91.2 Å². The number of aromatic hydroxyl groups is 1. The molecule has 76 valence electrons. The number of phenolic OH excluding ortho intramolecular Hbond substituents is 1. The number of hydrogen-bond acceptors (Lipinski definition) is 3. The minimum atomic E-state index is -0.458. The van der Waals surface area contributed by atoms with Crippen LogP contribution >= 0.6 is 15.9 Å². The molecule has 0 saturated carbocycles. The highest BCUT2D eigenvalue weighted by molar-refractivity contribution is 9.10. The van der Waals surface area contributed by atoms with E-state index in [0.29, 0.717) is 12.1 Å². The fourth-order valence-corrected chi connectivity index (χ4v) is 1.31. The van der Waals surface area contributed by atoms with Gasteiger partial charge in [-0.2, -0.15) is 0 Å². The molecule has 1 rings (SSSR count). The smallest absolute Gasteiger partial charge is 0.124 e. The van der Waals surface area contributed by atoms with Gasteiger partial charge in [0.05, 0.1) is 12.6 Å². The lowest BCUT2D eigenvalue weighted by molar-refractivity contribution is 0.204. The largest absolute Gasteiger partial charge is 0.507 e. The summed E-state index contributed by atoms with van der Waals surface area (Å²) >= 11 is 3.29. The fourth-order valence-electron chi connectivity index (χ4n) is 0.932. The number of phenols is 1. The van der Waals surface area contributed by atoms with E-state index in [1.54, 1.807) is 31.3 Å². The van der Waals surface area contributed by atoms with Crippen LogP contribution in [0.4, 0.5) is 0 Å². The van der Waals surface area contributed by atoms with Crippen LogP contribution in [0.3, 0.4) is 0 Å². The monoisotopic (exact) mass is 257 g/mol. The third-order valence-electron chi connectivity index (χ3n) is 1.59. The summed E-state index contributed by atoms with van der Waals surface area (Å²) in [5, 5.41) is 18.4. The molecule has 0 saturated heterocycles. The van der Waals surface area contributed by atoms with Crippen molar-refractivity contribution in [2.45, 2.75) is 13.0 Å². The number of nitrogens with zero attached hydrogens (tertiary/aromatic N) is 1. The van der Waals surface area contributed by atoms with Crippen molar-refractivity contribution in [2.75, 3.05) is 6.54 Å². The van der Waals surface area contributed by atoms with E-state index < -0.39 is 6.10 Å². The number of aliphatic hydroxyl groups is 1. The van der Waals surface area contributed by atoms with Gasteiger partial charge in [-0.05, 0) is 25.1 Å². The highest BCUT2D eigenvalue weighted by atomic mass is 79.9. The molecule has 0 unspecified atom stereocenters. The molecule has 0 aliphatic heterocycles. The molecule has 14 heavy (non-hydrogen) atoms. The van der Waals surface area contributed by atoms with Crippen molar-refractivity contribution >= 4 is 22.1 Å². The molecule has 0 aromatic heterocycles. The molecule has 0 amide bonds. The first kappa shape index (κ1) is 11.2. The molecule has 1 aromatic carbocycles. The van der Waals surface area contributed by atoms with Crippen molar-refractivity contribution in [2.24, 2.45) is 4.99 Å². The van der Waals surface area contributed by atoms with Crippen molar-refractivity contribution in [1.29, 1.82) is 0 Å². The SMILES string of the molecule is C[C@H](O)CN=Cc1cc(Br)ccc1O. The van der Waals surface area contributed by atoms with E-state index >= 15 is 0 Å². The quantitative estimate of drug-likeness (QED) is 0.814. The molecule has 3 nitrogen and oxygen atoms in total. The van der Waals surface area contributed by atoms with E-state index in [2.05, 4.69) is 20.9 Å². The maximum absolute atomic E-state index is 9.43. The van der Waals surface area contributed by atoms with Crippen LogP contribution in [0.15, 0.2) is 27.7 Å². The van der Waals surface area contributed by atoms with Gasteiger partial charge in [-0.15, -0.1) is 0 Å². The average Bonchev–Trinajstić information content (AvgIpc) is 2.10. The molecule has 0 heterocycles. The van der Waals surface area contributed by atoms with E-state index in [1.165, 1.54) is 0 Å². The van der Waals surface area contributed by atoms with Crippen LogP contribution in [0, 0.1) is 0 Å². The maximum atomic E-state index is 9.43.